The van der Waals surface area contributed by atoms with Crippen LogP contribution >= 0.6 is 0 Å². The van der Waals surface area contributed by atoms with E-state index in [2.05, 4.69) is 31.3 Å². The van der Waals surface area contributed by atoms with E-state index in [0.717, 1.165) is 18.9 Å². The average Bonchev–Trinajstić information content (AvgIpc) is 2.39. The first kappa shape index (κ1) is 14.2. The number of aliphatic hydroxyl groups is 1. The topological polar surface area (TPSA) is 32.3 Å². The number of hydrogen-bond donors (Lipinski definition) is 2. The van der Waals surface area contributed by atoms with Crippen LogP contribution in [-0.2, 0) is 6.42 Å². The Hall–Kier alpha value is -0.860. The second-order valence-electron chi connectivity index (χ2n) is 4.66. The van der Waals surface area contributed by atoms with E-state index in [0.29, 0.717) is 0 Å². The molecule has 0 unspecified atom stereocenters. The third-order valence-corrected chi connectivity index (χ3v) is 3.40. The van der Waals surface area contributed by atoms with Crippen molar-refractivity contribution in [3.8, 4) is 0 Å². The van der Waals surface area contributed by atoms with Crippen LogP contribution in [0.1, 0.15) is 32.3 Å². The molecule has 2 N–H and O–H groups in total. The molecule has 1 aromatic carbocycles. The van der Waals surface area contributed by atoms with E-state index in [1.54, 1.807) is 0 Å². The maximum atomic E-state index is 9.38. The van der Waals surface area contributed by atoms with Crippen molar-refractivity contribution in [2.24, 2.45) is 5.92 Å². The zero-order chi connectivity index (χ0) is 12.5. The molecular weight excluding hydrogens is 210 g/mol. The number of aliphatic hydroxyl groups excluding tert-OH is 1. The Bertz CT molecular complexity index is 282. The summed E-state index contributed by atoms with van der Waals surface area (Å²) < 4.78 is 0. The van der Waals surface area contributed by atoms with Crippen LogP contribution in [0.5, 0.6) is 0 Å². The lowest BCUT2D eigenvalue weighted by molar-refractivity contribution is 0.234. The Morgan fingerprint density at radius 1 is 1.12 bits per heavy atom. The van der Waals surface area contributed by atoms with Gasteiger partial charge in [-0.25, -0.2) is 0 Å². The van der Waals surface area contributed by atoms with E-state index >= 15 is 0 Å². The van der Waals surface area contributed by atoms with Gasteiger partial charge in [-0.2, -0.15) is 0 Å². The summed E-state index contributed by atoms with van der Waals surface area (Å²) in [6.45, 7) is 5.65. The summed E-state index contributed by atoms with van der Waals surface area (Å²) in [6.07, 6.45) is 3.30. The van der Waals surface area contributed by atoms with E-state index in [1.807, 2.05) is 18.2 Å². The maximum Gasteiger partial charge on any atom is 0.0587 e. The number of hydrogen-bond acceptors (Lipinski definition) is 2. The van der Waals surface area contributed by atoms with E-state index in [4.69, 9.17) is 0 Å². The highest BCUT2D eigenvalue weighted by molar-refractivity contribution is 5.15. The minimum atomic E-state index is 0.179. The standard InChI is InChI=1S/C15H25NO/c1-3-13(4-2)11-16-15(12-17)10-14-8-6-5-7-9-14/h5-9,13,15-17H,3-4,10-12H2,1-2H3/t15-/m0/s1. The van der Waals surface area contributed by atoms with Crippen LogP contribution in [0.4, 0.5) is 0 Å². The highest BCUT2D eigenvalue weighted by Crippen LogP contribution is 2.07. The lowest BCUT2D eigenvalue weighted by atomic mass is 10.0. The molecule has 0 spiro atoms. The monoisotopic (exact) mass is 235 g/mol. The largest absolute Gasteiger partial charge is 0.395 e. The van der Waals surface area contributed by atoms with Crippen molar-refractivity contribution in [2.75, 3.05) is 13.2 Å². The van der Waals surface area contributed by atoms with Gasteiger partial charge in [0.25, 0.3) is 0 Å². The molecule has 0 amide bonds. The van der Waals surface area contributed by atoms with Crippen LogP contribution in [0, 0.1) is 5.92 Å². The molecule has 0 saturated heterocycles. The summed E-state index contributed by atoms with van der Waals surface area (Å²) >= 11 is 0. The smallest absolute Gasteiger partial charge is 0.0587 e. The normalized spacial score (nSPS) is 12.9. The van der Waals surface area contributed by atoms with E-state index < -0.39 is 0 Å². The zero-order valence-corrected chi connectivity index (χ0v) is 11.0. The lowest BCUT2D eigenvalue weighted by Gasteiger charge is -2.20. The van der Waals surface area contributed by atoms with Crippen LogP contribution < -0.4 is 5.32 Å². The Morgan fingerprint density at radius 3 is 2.29 bits per heavy atom. The summed E-state index contributed by atoms with van der Waals surface area (Å²) in [5.41, 5.74) is 1.28. The molecule has 1 atom stereocenters. The molecule has 0 aliphatic rings. The molecule has 1 aromatic rings. The van der Waals surface area contributed by atoms with Crippen LogP contribution in [0.15, 0.2) is 30.3 Å². The lowest BCUT2D eigenvalue weighted by Crippen LogP contribution is -2.37. The number of nitrogens with one attached hydrogen (secondary N) is 1. The quantitative estimate of drug-likeness (QED) is 0.726. The summed E-state index contributed by atoms with van der Waals surface area (Å²) in [4.78, 5) is 0. The fourth-order valence-corrected chi connectivity index (χ4v) is 2.01. The van der Waals surface area contributed by atoms with Crippen molar-refractivity contribution >= 4 is 0 Å². The number of rotatable bonds is 8. The van der Waals surface area contributed by atoms with Gasteiger partial charge in [-0.15, -0.1) is 0 Å². The molecule has 1 rings (SSSR count). The predicted octanol–water partition coefficient (Wildman–Crippen LogP) is 2.62. The van der Waals surface area contributed by atoms with Gasteiger partial charge in [-0.1, -0.05) is 57.0 Å². The van der Waals surface area contributed by atoms with Crippen molar-refractivity contribution in [2.45, 2.75) is 39.2 Å². The highest BCUT2D eigenvalue weighted by atomic mass is 16.3. The fraction of sp³-hybridized carbons (Fsp3) is 0.600. The molecule has 0 fully saturated rings. The molecular formula is C15H25NO. The second kappa shape index (κ2) is 8.26. The maximum absolute atomic E-state index is 9.38. The van der Waals surface area contributed by atoms with Crippen LogP contribution in [0.2, 0.25) is 0 Å². The van der Waals surface area contributed by atoms with Gasteiger partial charge in [0.1, 0.15) is 0 Å². The Labute approximate surface area is 105 Å². The predicted molar refractivity (Wildman–Crippen MR) is 73.1 cm³/mol. The fourth-order valence-electron chi connectivity index (χ4n) is 2.01. The number of benzene rings is 1. The van der Waals surface area contributed by atoms with Crippen molar-refractivity contribution in [3.63, 3.8) is 0 Å². The van der Waals surface area contributed by atoms with Crippen LogP contribution in [0.25, 0.3) is 0 Å². The van der Waals surface area contributed by atoms with E-state index in [9.17, 15) is 5.11 Å². The van der Waals surface area contributed by atoms with Crippen molar-refractivity contribution in [3.05, 3.63) is 35.9 Å². The molecule has 2 heteroatoms. The SMILES string of the molecule is CCC(CC)CN[C@H](CO)Cc1ccccc1. The Balaban J connectivity index is 2.38. The molecule has 0 aliphatic heterocycles. The third kappa shape index (κ3) is 5.33. The third-order valence-electron chi connectivity index (χ3n) is 3.40. The minimum Gasteiger partial charge on any atom is -0.395 e. The Morgan fingerprint density at radius 2 is 1.76 bits per heavy atom. The zero-order valence-electron chi connectivity index (χ0n) is 11.0. The van der Waals surface area contributed by atoms with Crippen molar-refractivity contribution in [1.82, 2.24) is 5.32 Å². The molecule has 0 saturated carbocycles. The van der Waals surface area contributed by atoms with Crippen LogP contribution in [-0.4, -0.2) is 24.3 Å². The molecule has 17 heavy (non-hydrogen) atoms. The van der Waals surface area contributed by atoms with Gasteiger partial charge in [0, 0.05) is 6.04 Å². The van der Waals surface area contributed by atoms with E-state index in [1.165, 1.54) is 18.4 Å². The summed E-state index contributed by atoms with van der Waals surface area (Å²) in [5, 5.41) is 12.9. The van der Waals surface area contributed by atoms with Gasteiger partial charge >= 0.3 is 0 Å². The van der Waals surface area contributed by atoms with Gasteiger partial charge in [0.05, 0.1) is 6.61 Å². The summed E-state index contributed by atoms with van der Waals surface area (Å²) in [5.74, 6) is 0.722. The molecule has 0 radical (unpaired) electrons. The summed E-state index contributed by atoms with van der Waals surface area (Å²) in [7, 11) is 0. The van der Waals surface area contributed by atoms with Gasteiger partial charge in [-0.3, -0.25) is 0 Å². The first-order valence-electron chi connectivity index (χ1n) is 6.68. The van der Waals surface area contributed by atoms with Gasteiger partial charge < -0.3 is 10.4 Å². The van der Waals surface area contributed by atoms with Crippen LogP contribution in [0.3, 0.4) is 0 Å². The van der Waals surface area contributed by atoms with Crippen molar-refractivity contribution in [1.29, 1.82) is 0 Å². The molecule has 2 nitrogen and oxygen atoms in total. The summed E-state index contributed by atoms with van der Waals surface area (Å²) in [6, 6.07) is 10.5. The molecule has 0 heterocycles. The van der Waals surface area contributed by atoms with Gasteiger partial charge in [-0.05, 0) is 24.4 Å². The molecule has 96 valence electrons. The highest BCUT2D eigenvalue weighted by Gasteiger charge is 2.10. The minimum absolute atomic E-state index is 0.179. The molecule has 0 aliphatic carbocycles. The van der Waals surface area contributed by atoms with Gasteiger partial charge in [0.2, 0.25) is 0 Å². The Kier molecular flexibility index (Phi) is 6.90. The second-order valence-corrected chi connectivity index (χ2v) is 4.66. The molecule has 0 aromatic heterocycles. The average molecular weight is 235 g/mol. The first-order chi connectivity index (χ1) is 8.30. The molecule has 0 bridgehead atoms. The van der Waals surface area contributed by atoms with Gasteiger partial charge in [0.15, 0.2) is 0 Å². The van der Waals surface area contributed by atoms with Crippen molar-refractivity contribution < 1.29 is 5.11 Å². The first-order valence-corrected chi connectivity index (χ1v) is 6.68. The van der Waals surface area contributed by atoms with E-state index in [-0.39, 0.29) is 12.6 Å².